The molecule has 1 aliphatic carbocycles. The summed E-state index contributed by atoms with van der Waals surface area (Å²) >= 11 is 0. The fourth-order valence-corrected chi connectivity index (χ4v) is 3.12. The molecule has 0 spiro atoms. The second-order valence-corrected chi connectivity index (χ2v) is 6.06. The predicted molar refractivity (Wildman–Crippen MR) is 86.7 cm³/mol. The number of aromatic nitrogens is 2. The number of hydrogen-bond acceptors (Lipinski definition) is 2. The van der Waals surface area contributed by atoms with Crippen LogP contribution < -0.4 is 5.32 Å². The predicted octanol–water partition coefficient (Wildman–Crippen LogP) is 3.38. The maximum absolute atomic E-state index is 12.1. The quantitative estimate of drug-likeness (QED) is 0.940. The van der Waals surface area contributed by atoms with Crippen LogP contribution in [0.5, 0.6) is 0 Å². The highest BCUT2D eigenvalue weighted by Crippen LogP contribution is 2.23. The van der Waals surface area contributed by atoms with Crippen LogP contribution in [0.1, 0.15) is 43.5 Å². The number of nitrogens with one attached hydrogen (secondary N) is 1. The smallest absolute Gasteiger partial charge is 0.223 e. The highest BCUT2D eigenvalue weighted by Gasteiger charge is 2.20. The molecule has 116 valence electrons. The minimum absolute atomic E-state index is 0.217. The Bertz CT molecular complexity index is 624. The molecule has 0 aliphatic heterocycles. The average molecular weight is 297 g/mol. The number of benzene rings is 1. The van der Waals surface area contributed by atoms with Crippen molar-refractivity contribution >= 4 is 5.91 Å². The summed E-state index contributed by atoms with van der Waals surface area (Å²) in [7, 11) is 0. The molecule has 0 atom stereocenters. The second kappa shape index (κ2) is 6.77. The van der Waals surface area contributed by atoms with Gasteiger partial charge in [-0.15, -0.1) is 0 Å². The lowest BCUT2D eigenvalue weighted by Crippen LogP contribution is -2.31. The highest BCUT2D eigenvalue weighted by molar-refractivity contribution is 5.78. The van der Waals surface area contributed by atoms with Gasteiger partial charge in [-0.25, -0.2) is 4.98 Å². The Morgan fingerprint density at radius 1 is 1.23 bits per heavy atom. The molecule has 1 aromatic carbocycles. The van der Waals surface area contributed by atoms with Gasteiger partial charge in [-0.1, -0.05) is 31.4 Å². The van der Waals surface area contributed by atoms with E-state index in [-0.39, 0.29) is 11.8 Å². The van der Waals surface area contributed by atoms with Crippen LogP contribution >= 0.6 is 0 Å². The Labute approximate surface area is 131 Å². The van der Waals surface area contributed by atoms with Gasteiger partial charge in [0.05, 0.1) is 0 Å². The molecule has 3 rings (SSSR count). The standard InChI is InChI=1S/C18H23N3O/c1-14-19-11-12-21(14)17-9-7-15(8-10-17)13-20-18(22)16-5-3-2-4-6-16/h7-12,16H,2-6,13H2,1H3,(H,20,22). The van der Waals surface area contributed by atoms with Crippen molar-refractivity contribution in [3.63, 3.8) is 0 Å². The Morgan fingerprint density at radius 2 is 1.95 bits per heavy atom. The number of amides is 1. The van der Waals surface area contributed by atoms with Crippen molar-refractivity contribution in [1.29, 1.82) is 0 Å². The van der Waals surface area contributed by atoms with E-state index in [1.807, 2.05) is 17.7 Å². The van der Waals surface area contributed by atoms with Gasteiger partial charge in [-0.3, -0.25) is 4.79 Å². The molecule has 0 saturated heterocycles. The lowest BCUT2D eigenvalue weighted by Gasteiger charge is -2.20. The molecule has 22 heavy (non-hydrogen) atoms. The van der Waals surface area contributed by atoms with E-state index < -0.39 is 0 Å². The van der Waals surface area contributed by atoms with Crippen molar-refractivity contribution in [3.05, 3.63) is 48.0 Å². The molecule has 0 unspecified atom stereocenters. The van der Waals surface area contributed by atoms with E-state index in [2.05, 4.69) is 34.6 Å². The molecule has 4 heteroatoms. The van der Waals surface area contributed by atoms with E-state index >= 15 is 0 Å². The molecule has 2 aromatic rings. The van der Waals surface area contributed by atoms with Crippen LogP contribution in [0.4, 0.5) is 0 Å². The first-order chi connectivity index (χ1) is 10.7. The summed E-state index contributed by atoms with van der Waals surface area (Å²) in [6.07, 6.45) is 9.51. The highest BCUT2D eigenvalue weighted by atomic mass is 16.1. The lowest BCUT2D eigenvalue weighted by molar-refractivity contribution is -0.126. The number of imidazole rings is 1. The van der Waals surface area contributed by atoms with Crippen LogP contribution in [0.25, 0.3) is 5.69 Å². The van der Waals surface area contributed by atoms with Crippen LogP contribution in [-0.2, 0) is 11.3 Å². The zero-order chi connectivity index (χ0) is 15.4. The third-order valence-corrected chi connectivity index (χ3v) is 4.48. The topological polar surface area (TPSA) is 46.9 Å². The Hall–Kier alpha value is -2.10. The summed E-state index contributed by atoms with van der Waals surface area (Å²) in [6, 6.07) is 8.26. The molecule has 0 bridgehead atoms. The SMILES string of the molecule is Cc1nccn1-c1ccc(CNC(=O)C2CCCCC2)cc1. The molecular formula is C18H23N3O. The molecule has 1 aliphatic rings. The first-order valence-electron chi connectivity index (χ1n) is 8.11. The van der Waals surface area contributed by atoms with E-state index in [1.54, 1.807) is 6.20 Å². The summed E-state index contributed by atoms with van der Waals surface area (Å²) in [4.78, 5) is 16.4. The molecule has 1 amide bonds. The third-order valence-electron chi connectivity index (χ3n) is 4.48. The fraction of sp³-hybridized carbons (Fsp3) is 0.444. The van der Waals surface area contributed by atoms with E-state index in [0.29, 0.717) is 6.54 Å². The lowest BCUT2D eigenvalue weighted by atomic mass is 9.88. The normalized spacial score (nSPS) is 15.7. The third kappa shape index (κ3) is 3.38. The fourth-order valence-electron chi connectivity index (χ4n) is 3.12. The molecule has 0 radical (unpaired) electrons. The van der Waals surface area contributed by atoms with Gasteiger partial charge in [0.1, 0.15) is 5.82 Å². The second-order valence-electron chi connectivity index (χ2n) is 6.06. The maximum Gasteiger partial charge on any atom is 0.223 e. The molecule has 1 fully saturated rings. The number of hydrogen-bond donors (Lipinski definition) is 1. The first-order valence-corrected chi connectivity index (χ1v) is 8.11. The minimum Gasteiger partial charge on any atom is -0.352 e. The Morgan fingerprint density at radius 3 is 2.59 bits per heavy atom. The van der Waals surface area contributed by atoms with Crippen LogP contribution in [0.3, 0.4) is 0 Å². The van der Waals surface area contributed by atoms with Gasteiger partial charge in [0.15, 0.2) is 0 Å². The van der Waals surface area contributed by atoms with Crippen molar-refractivity contribution in [3.8, 4) is 5.69 Å². The van der Waals surface area contributed by atoms with Crippen molar-refractivity contribution < 1.29 is 4.79 Å². The maximum atomic E-state index is 12.1. The first kappa shape index (κ1) is 14.8. The summed E-state index contributed by atoms with van der Waals surface area (Å²) < 4.78 is 2.05. The summed E-state index contributed by atoms with van der Waals surface area (Å²) in [5.74, 6) is 1.41. The van der Waals surface area contributed by atoms with E-state index in [4.69, 9.17) is 0 Å². The number of carbonyl (C=O) groups excluding carboxylic acids is 1. The number of carbonyl (C=O) groups is 1. The van der Waals surface area contributed by atoms with Crippen LogP contribution in [0, 0.1) is 12.8 Å². The summed E-state index contributed by atoms with van der Waals surface area (Å²) in [5, 5.41) is 3.08. The van der Waals surface area contributed by atoms with Gasteiger partial charge in [-0.05, 0) is 37.5 Å². The van der Waals surface area contributed by atoms with E-state index in [9.17, 15) is 4.79 Å². The number of rotatable bonds is 4. The van der Waals surface area contributed by atoms with Crippen LogP contribution in [0.2, 0.25) is 0 Å². The average Bonchev–Trinajstić information content (AvgIpc) is 3.00. The minimum atomic E-state index is 0.217. The molecule has 1 aromatic heterocycles. The van der Waals surface area contributed by atoms with Gasteiger partial charge >= 0.3 is 0 Å². The molecular weight excluding hydrogens is 274 g/mol. The largest absolute Gasteiger partial charge is 0.352 e. The molecule has 1 N–H and O–H groups in total. The van der Waals surface area contributed by atoms with E-state index in [1.165, 1.54) is 19.3 Å². The molecule has 1 saturated carbocycles. The zero-order valence-electron chi connectivity index (χ0n) is 13.1. The van der Waals surface area contributed by atoms with Crippen molar-refractivity contribution in [2.45, 2.75) is 45.6 Å². The van der Waals surface area contributed by atoms with Crippen molar-refractivity contribution in [1.82, 2.24) is 14.9 Å². The van der Waals surface area contributed by atoms with Gasteiger partial charge in [-0.2, -0.15) is 0 Å². The van der Waals surface area contributed by atoms with Gasteiger partial charge < -0.3 is 9.88 Å². The van der Waals surface area contributed by atoms with Gasteiger partial charge in [0.2, 0.25) is 5.91 Å². The number of nitrogens with zero attached hydrogens (tertiary/aromatic N) is 2. The Kier molecular flexibility index (Phi) is 4.56. The van der Waals surface area contributed by atoms with Gasteiger partial charge in [0, 0.05) is 30.5 Å². The summed E-state index contributed by atoms with van der Waals surface area (Å²) in [5.41, 5.74) is 2.23. The van der Waals surface area contributed by atoms with Crippen LogP contribution in [-0.4, -0.2) is 15.5 Å². The van der Waals surface area contributed by atoms with Crippen LogP contribution in [0.15, 0.2) is 36.7 Å². The number of aryl methyl sites for hydroxylation is 1. The van der Waals surface area contributed by atoms with Crippen molar-refractivity contribution in [2.24, 2.45) is 5.92 Å². The zero-order valence-corrected chi connectivity index (χ0v) is 13.1. The van der Waals surface area contributed by atoms with Crippen molar-refractivity contribution in [2.75, 3.05) is 0 Å². The molecule has 4 nitrogen and oxygen atoms in total. The summed E-state index contributed by atoms with van der Waals surface area (Å²) in [6.45, 7) is 2.59. The Balaban J connectivity index is 1.57. The van der Waals surface area contributed by atoms with Gasteiger partial charge in [0.25, 0.3) is 0 Å². The molecule has 1 heterocycles. The monoisotopic (exact) mass is 297 g/mol. The van der Waals surface area contributed by atoms with E-state index in [0.717, 1.165) is 29.9 Å².